The van der Waals surface area contributed by atoms with E-state index in [9.17, 15) is 4.79 Å². The van der Waals surface area contributed by atoms with E-state index < -0.39 is 0 Å². The molecule has 0 N–H and O–H groups in total. The maximum absolute atomic E-state index is 11.3. The average Bonchev–Trinajstić information content (AvgIpc) is 2.48. The summed E-state index contributed by atoms with van der Waals surface area (Å²) in [6, 6.07) is 18.1. The lowest BCUT2D eigenvalue weighted by Gasteiger charge is -2.06. The summed E-state index contributed by atoms with van der Waals surface area (Å²) >= 11 is 0. The summed E-state index contributed by atoms with van der Waals surface area (Å²) in [5.41, 5.74) is 4.20. The third-order valence-electron chi connectivity index (χ3n) is 3.47. The Kier molecular flexibility index (Phi) is 3.30. The predicted octanol–water partition coefficient (Wildman–Crippen LogP) is 4.03. The molecule has 1 heterocycles. The molecule has 0 saturated heterocycles. The van der Waals surface area contributed by atoms with Crippen molar-refractivity contribution in [3.8, 4) is 0 Å². The summed E-state index contributed by atoms with van der Waals surface area (Å²) in [5.74, 6) is 0.100. The highest BCUT2D eigenvalue weighted by molar-refractivity contribution is 5.94. The van der Waals surface area contributed by atoms with Crippen LogP contribution in [0.25, 0.3) is 10.9 Å². The Labute approximate surface area is 118 Å². The van der Waals surface area contributed by atoms with Crippen molar-refractivity contribution in [2.45, 2.75) is 13.3 Å². The van der Waals surface area contributed by atoms with Crippen LogP contribution in [-0.4, -0.2) is 10.8 Å². The van der Waals surface area contributed by atoms with Crippen LogP contribution in [0.1, 0.15) is 28.4 Å². The van der Waals surface area contributed by atoms with Gasteiger partial charge in [-0.2, -0.15) is 0 Å². The zero-order chi connectivity index (χ0) is 13.9. The molecule has 98 valence electrons. The second kappa shape index (κ2) is 5.25. The molecule has 0 saturated carbocycles. The molecule has 3 rings (SSSR count). The van der Waals surface area contributed by atoms with Crippen LogP contribution in [0.15, 0.2) is 60.8 Å². The van der Waals surface area contributed by atoms with Crippen molar-refractivity contribution in [2.75, 3.05) is 0 Å². The van der Waals surface area contributed by atoms with Gasteiger partial charge in [0.15, 0.2) is 5.78 Å². The van der Waals surface area contributed by atoms with Crippen LogP contribution < -0.4 is 0 Å². The van der Waals surface area contributed by atoms with E-state index in [4.69, 9.17) is 0 Å². The first-order valence-corrected chi connectivity index (χ1v) is 6.66. The number of para-hydroxylation sites is 1. The molecule has 0 aliphatic heterocycles. The van der Waals surface area contributed by atoms with Gasteiger partial charge in [0, 0.05) is 17.1 Å². The van der Waals surface area contributed by atoms with Crippen LogP contribution in [0, 0.1) is 0 Å². The quantitative estimate of drug-likeness (QED) is 0.666. The number of carbonyl (C=O) groups excluding carboxylic acids is 1. The number of nitrogens with zero attached hydrogens (tertiary/aromatic N) is 1. The minimum atomic E-state index is 0.100. The highest BCUT2D eigenvalue weighted by Crippen LogP contribution is 2.19. The van der Waals surface area contributed by atoms with Gasteiger partial charge in [0.2, 0.25) is 0 Å². The minimum Gasteiger partial charge on any atom is -0.295 e. The number of benzene rings is 2. The van der Waals surface area contributed by atoms with Crippen molar-refractivity contribution < 1.29 is 4.79 Å². The largest absolute Gasteiger partial charge is 0.295 e. The van der Waals surface area contributed by atoms with Gasteiger partial charge < -0.3 is 0 Å². The molecule has 0 aliphatic carbocycles. The van der Waals surface area contributed by atoms with E-state index in [0.29, 0.717) is 0 Å². The summed E-state index contributed by atoms with van der Waals surface area (Å²) in [7, 11) is 0. The molecule has 0 radical (unpaired) electrons. The molecule has 0 bridgehead atoms. The van der Waals surface area contributed by atoms with Crippen LogP contribution in [0.2, 0.25) is 0 Å². The monoisotopic (exact) mass is 261 g/mol. The first-order valence-electron chi connectivity index (χ1n) is 6.66. The average molecular weight is 261 g/mol. The molecule has 0 unspecified atom stereocenters. The van der Waals surface area contributed by atoms with E-state index in [1.807, 2.05) is 36.5 Å². The molecule has 20 heavy (non-hydrogen) atoms. The maximum atomic E-state index is 11.3. The van der Waals surface area contributed by atoms with Crippen LogP contribution >= 0.6 is 0 Å². The zero-order valence-electron chi connectivity index (χ0n) is 11.3. The lowest BCUT2D eigenvalue weighted by Crippen LogP contribution is -1.94. The lowest BCUT2D eigenvalue weighted by molar-refractivity contribution is 0.101. The Morgan fingerprint density at radius 1 is 1.00 bits per heavy atom. The van der Waals surface area contributed by atoms with Gasteiger partial charge in [-0.05, 0) is 30.5 Å². The first-order chi connectivity index (χ1) is 9.74. The Morgan fingerprint density at radius 2 is 1.75 bits per heavy atom. The second-order valence-electron chi connectivity index (χ2n) is 4.92. The molecule has 3 aromatic rings. The summed E-state index contributed by atoms with van der Waals surface area (Å²) in [4.78, 5) is 15.7. The van der Waals surface area contributed by atoms with Crippen LogP contribution in [0.4, 0.5) is 0 Å². The van der Waals surface area contributed by atoms with E-state index in [-0.39, 0.29) is 5.78 Å². The molecule has 0 spiro atoms. The van der Waals surface area contributed by atoms with E-state index in [1.165, 1.54) is 11.1 Å². The van der Waals surface area contributed by atoms with Crippen molar-refractivity contribution in [3.63, 3.8) is 0 Å². The maximum Gasteiger partial charge on any atom is 0.159 e. The van der Waals surface area contributed by atoms with Crippen LogP contribution in [-0.2, 0) is 6.42 Å². The van der Waals surface area contributed by atoms with Crippen molar-refractivity contribution in [2.24, 2.45) is 0 Å². The third kappa shape index (κ3) is 2.45. The number of ketones is 1. The Bertz CT molecular complexity index is 754. The number of aromatic nitrogens is 1. The Morgan fingerprint density at radius 3 is 2.50 bits per heavy atom. The Balaban J connectivity index is 1.95. The van der Waals surface area contributed by atoms with Gasteiger partial charge in [-0.15, -0.1) is 0 Å². The number of Topliss-reactive ketones (excluding diaryl/α,β-unsaturated/α-hetero) is 1. The fourth-order valence-corrected chi connectivity index (χ4v) is 2.39. The van der Waals surface area contributed by atoms with Gasteiger partial charge in [0.1, 0.15) is 0 Å². The zero-order valence-corrected chi connectivity index (χ0v) is 11.3. The number of carbonyl (C=O) groups is 1. The number of fused-ring (bicyclic) bond motifs is 1. The molecule has 1 aromatic heterocycles. The predicted molar refractivity (Wildman–Crippen MR) is 81.0 cm³/mol. The smallest absolute Gasteiger partial charge is 0.159 e. The highest BCUT2D eigenvalue weighted by Gasteiger charge is 2.04. The fourth-order valence-electron chi connectivity index (χ4n) is 2.39. The minimum absolute atomic E-state index is 0.100. The lowest BCUT2D eigenvalue weighted by atomic mass is 10.0. The number of hydrogen-bond donors (Lipinski definition) is 0. The van der Waals surface area contributed by atoms with Gasteiger partial charge in [-0.3, -0.25) is 9.78 Å². The first kappa shape index (κ1) is 12.5. The Hall–Kier alpha value is -2.48. The summed E-state index contributed by atoms with van der Waals surface area (Å²) < 4.78 is 0. The van der Waals surface area contributed by atoms with E-state index in [2.05, 4.69) is 29.2 Å². The van der Waals surface area contributed by atoms with Crippen molar-refractivity contribution in [3.05, 3.63) is 77.5 Å². The number of rotatable bonds is 3. The topological polar surface area (TPSA) is 30.0 Å². The molecular weight excluding hydrogens is 246 g/mol. The molecule has 0 atom stereocenters. The molecule has 2 nitrogen and oxygen atoms in total. The van der Waals surface area contributed by atoms with Gasteiger partial charge >= 0.3 is 0 Å². The molecule has 0 aliphatic rings. The summed E-state index contributed by atoms with van der Waals surface area (Å²) in [6.45, 7) is 1.59. The molecule has 0 fully saturated rings. The third-order valence-corrected chi connectivity index (χ3v) is 3.47. The van der Waals surface area contributed by atoms with Crippen LogP contribution in [0.3, 0.4) is 0 Å². The van der Waals surface area contributed by atoms with Crippen LogP contribution in [0.5, 0.6) is 0 Å². The number of pyridine rings is 1. The summed E-state index contributed by atoms with van der Waals surface area (Å²) in [6.07, 6.45) is 2.65. The summed E-state index contributed by atoms with van der Waals surface area (Å²) in [5, 5.41) is 1.16. The van der Waals surface area contributed by atoms with E-state index in [0.717, 1.165) is 22.9 Å². The van der Waals surface area contributed by atoms with E-state index in [1.54, 1.807) is 6.92 Å². The van der Waals surface area contributed by atoms with Gasteiger partial charge in [-0.25, -0.2) is 0 Å². The van der Waals surface area contributed by atoms with Gasteiger partial charge in [0.25, 0.3) is 0 Å². The normalized spacial score (nSPS) is 10.7. The molecule has 2 aromatic carbocycles. The van der Waals surface area contributed by atoms with E-state index >= 15 is 0 Å². The molecular formula is C18H15NO. The second-order valence-corrected chi connectivity index (χ2v) is 4.92. The van der Waals surface area contributed by atoms with Gasteiger partial charge in [-0.1, -0.05) is 48.5 Å². The SMILES string of the molecule is CC(=O)c1ccc(Cc2cccc3cccnc23)cc1. The van der Waals surface area contributed by atoms with Gasteiger partial charge in [0.05, 0.1) is 5.52 Å². The van der Waals surface area contributed by atoms with Crippen molar-refractivity contribution >= 4 is 16.7 Å². The molecule has 2 heteroatoms. The fraction of sp³-hybridized carbons (Fsp3) is 0.111. The number of hydrogen-bond acceptors (Lipinski definition) is 2. The molecule has 0 amide bonds. The van der Waals surface area contributed by atoms with Crippen molar-refractivity contribution in [1.82, 2.24) is 4.98 Å². The standard InChI is InChI=1S/C18H15NO/c1-13(20)15-9-7-14(8-10-15)12-17-5-2-4-16-6-3-11-19-18(16)17/h2-11H,12H2,1H3. The highest BCUT2D eigenvalue weighted by atomic mass is 16.1. The van der Waals surface area contributed by atoms with Crippen molar-refractivity contribution in [1.29, 1.82) is 0 Å².